The van der Waals surface area contributed by atoms with E-state index in [0.29, 0.717) is 11.6 Å². The van der Waals surface area contributed by atoms with E-state index < -0.39 is 9.84 Å². The lowest BCUT2D eigenvalue weighted by atomic mass is 10.1. The summed E-state index contributed by atoms with van der Waals surface area (Å²) in [7, 11) is -3.52. The smallest absolute Gasteiger partial charge is 0.242 e. The highest BCUT2D eigenvalue weighted by atomic mass is 32.2. The van der Waals surface area contributed by atoms with Crippen LogP contribution in [0.15, 0.2) is 28.8 Å². The molecule has 1 aliphatic carbocycles. The van der Waals surface area contributed by atoms with Crippen molar-refractivity contribution in [3.05, 3.63) is 41.5 Å². The Morgan fingerprint density at radius 2 is 2.12 bits per heavy atom. The summed E-state index contributed by atoms with van der Waals surface area (Å²) < 4.78 is 31.5. The van der Waals surface area contributed by atoms with Crippen molar-refractivity contribution in [1.29, 1.82) is 0 Å². The number of rotatable bonds is 6. The molecule has 0 atom stereocenters. The number of hydrogen-bond acceptors (Lipinski definition) is 8. The Kier molecular flexibility index (Phi) is 3.83. The molecular weight excluding hydrogens is 344 g/mol. The van der Waals surface area contributed by atoms with Crippen molar-refractivity contribution in [2.24, 2.45) is 0 Å². The van der Waals surface area contributed by atoms with Crippen molar-refractivity contribution < 1.29 is 12.9 Å². The normalized spacial score (nSPS) is 14.8. The summed E-state index contributed by atoms with van der Waals surface area (Å²) in [4.78, 5) is 4.19. The summed E-state index contributed by atoms with van der Waals surface area (Å²) >= 11 is 0. The van der Waals surface area contributed by atoms with E-state index in [1.54, 1.807) is 4.68 Å². The maximum absolute atomic E-state index is 12.4. The molecule has 1 aliphatic rings. The predicted molar refractivity (Wildman–Crippen MR) is 86.9 cm³/mol. The molecule has 0 aliphatic heterocycles. The molecule has 0 amide bonds. The summed E-state index contributed by atoms with van der Waals surface area (Å²) in [5.74, 6) is 0.182. The van der Waals surface area contributed by atoms with Crippen molar-refractivity contribution >= 4 is 9.84 Å². The fourth-order valence-electron chi connectivity index (χ4n) is 2.56. The molecule has 0 unspecified atom stereocenters. The number of benzene rings is 1. The molecule has 2 heterocycles. The van der Waals surface area contributed by atoms with Crippen LogP contribution in [-0.2, 0) is 21.3 Å². The minimum atomic E-state index is -3.52. The Balaban J connectivity index is 1.50. The third kappa shape index (κ3) is 3.58. The first kappa shape index (κ1) is 15.9. The molecule has 10 heteroatoms. The van der Waals surface area contributed by atoms with Gasteiger partial charge in [-0.25, -0.2) is 13.1 Å². The molecule has 0 radical (unpaired) electrons. The number of hydrogen-bond donors (Lipinski definition) is 0. The fourth-order valence-corrected chi connectivity index (χ4v) is 3.74. The zero-order valence-electron chi connectivity index (χ0n) is 13.5. The molecule has 1 aromatic carbocycles. The second kappa shape index (κ2) is 6.03. The molecule has 4 rings (SSSR count). The highest BCUT2D eigenvalue weighted by Gasteiger charge is 2.30. The van der Waals surface area contributed by atoms with Gasteiger partial charge in [-0.15, -0.1) is 5.10 Å². The molecule has 0 bridgehead atoms. The largest absolute Gasteiger partial charge is 0.338 e. The molecule has 0 N–H and O–H groups in total. The molecule has 130 valence electrons. The van der Waals surface area contributed by atoms with Gasteiger partial charge in [0.15, 0.2) is 15.7 Å². The first-order chi connectivity index (χ1) is 12.0. The molecule has 3 aromatic rings. The number of tetrazole rings is 1. The van der Waals surface area contributed by atoms with Crippen molar-refractivity contribution in [2.45, 2.75) is 37.3 Å². The molecule has 9 nitrogen and oxygen atoms in total. The van der Waals surface area contributed by atoms with Crippen molar-refractivity contribution in [3.63, 3.8) is 0 Å². The van der Waals surface area contributed by atoms with E-state index >= 15 is 0 Å². The Labute approximate surface area is 144 Å². The van der Waals surface area contributed by atoms with E-state index in [9.17, 15) is 8.42 Å². The van der Waals surface area contributed by atoms with Crippen LogP contribution in [0, 0.1) is 6.92 Å². The zero-order valence-corrected chi connectivity index (χ0v) is 14.3. The summed E-state index contributed by atoms with van der Waals surface area (Å²) in [5.41, 5.74) is 1.84. The quantitative estimate of drug-likeness (QED) is 0.649. The van der Waals surface area contributed by atoms with Crippen molar-refractivity contribution in [2.75, 3.05) is 0 Å². The molecule has 2 aromatic heterocycles. The van der Waals surface area contributed by atoms with E-state index in [2.05, 4.69) is 25.7 Å². The van der Waals surface area contributed by atoms with Crippen LogP contribution in [0.25, 0.3) is 11.4 Å². The Hall–Kier alpha value is -2.62. The van der Waals surface area contributed by atoms with Gasteiger partial charge in [0, 0.05) is 5.56 Å². The number of sulfone groups is 1. The number of aromatic nitrogens is 6. The molecule has 0 spiro atoms. The first-order valence-corrected chi connectivity index (χ1v) is 9.69. The number of aryl methyl sites for hydroxylation is 1. The molecular formula is C15H16N6O3S. The molecule has 1 fully saturated rings. The van der Waals surface area contributed by atoms with E-state index in [1.807, 2.05) is 31.2 Å². The lowest BCUT2D eigenvalue weighted by Gasteiger charge is -2.02. The van der Waals surface area contributed by atoms with Gasteiger partial charge in [-0.1, -0.05) is 28.9 Å². The predicted octanol–water partition coefficient (Wildman–Crippen LogP) is 1.48. The van der Waals surface area contributed by atoms with Crippen LogP contribution >= 0.6 is 0 Å². The van der Waals surface area contributed by atoms with Crippen LogP contribution in [0.4, 0.5) is 0 Å². The van der Waals surface area contributed by atoms with Gasteiger partial charge < -0.3 is 4.52 Å². The number of nitrogens with zero attached hydrogens (tertiary/aromatic N) is 6. The third-order valence-electron chi connectivity index (χ3n) is 3.89. The van der Waals surface area contributed by atoms with Crippen LogP contribution in [0.2, 0.25) is 0 Å². The average molecular weight is 360 g/mol. The van der Waals surface area contributed by atoms with Gasteiger partial charge >= 0.3 is 0 Å². The molecule has 1 saturated carbocycles. The third-order valence-corrected chi connectivity index (χ3v) is 5.28. The zero-order chi connectivity index (χ0) is 17.4. The molecule has 0 saturated heterocycles. The fraction of sp³-hybridized carbons (Fsp3) is 0.400. The Morgan fingerprint density at radius 3 is 2.88 bits per heavy atom. The highest BCUT2D eigenvalue weighted by molar-refractivity contribution is 7.89. The van der Waals surface area contributed by atoms with Gasteiger partial charge in [0.2, 0.25) is 11.7 Å². The topological polar surface area (TPSA) is 117 Å². The summed E-state index contributed by atoms with van der Waals surface area (Å²) in [6.45, 7) is 1.96. The maximum Gasteiger partial charge on any atom is 0.242 e. The van der Waals surface area contributed by atoms with Gasteiger partial charge in [-0.2, -0.15) is 4.98 Å². The minimum Gasteiger partial charge on any atom is -0.338 e. The van der Waals surface area contributed by atoms with E-state index in [0.717, 1.165) is 24.0 Å². The Morgan fingerprint density at radius 1 is 1.28 bits per heavy atom. The van der Waals surface area contributed by atoms with Crippen LogP contribution in [0.5, 0.6) is 0 Å². The summed E-state index contributed by atoms with van der Waals surface area (Å²) in [5, 5.41) is 15.1. The van der Waals surface area contributed by atoms with Crippen molar-refractivity contribution in [3.8, 4) is 11.4 Å². The van der Waals surface area contributed by atoms with Gasteiger partial charge in [-0.05, 0) is 36.3 Å². The highest BCUT2D eigenvalue weighted by Crippen LogP contribution is 2.34. The van der Waals surface area contributed by atoms with Crippen LogP contribution in [0.3, 0.4) is 0 Å². The van der Waals surface area contributed by atoms with Gasteiger partial charge in [-0.3, -0.25) is 0 Å². The van der Waals surface area contributed by atoms with Crippen molar-refractivity contribution in [1.82, 2.24) is 30.3 Å². The SMILES string of the molecule is Cc1cccc(-c2noc(CS(=O)(=O)Cc3nnnn3C3CC3)n2)c1. The summed E-state index contributed by atoms with van der Waals surface area (Å²) in [6, 6.07) is 7.82. The first-order valence-electron chi connectivity index (χ1n) is 7.87. The maximum atomic E-state index is 12.4. The lowest BCUT2D eigenvalue weighted by molar-refractivity contribution is 0.389. The second-order valence-electron chi connectivity index (χ2n) is 6.18. The van der Waals surface area contributed by atoms with Gasteiger partial charge in [0.25, 0.3) is 0 Å². The van der Waals surface area contributed by atoms with Crippen LogP contribution in [-0.4, -0.2) is 38.8 Å². The van der Waals surface area contributed by atoms with Gasteiger partial charge in [0.05, 0.1) is 6.04 Å². The van der Waals surface area contributed by atoms with E-state index in [1.165, 1.54) is 0 Å². The Bertz CT molecular complexity index is 1010. The average Bonchev–Trinajstić information content (AvgIpc) is 3.13. The van der Waals surface area contributed by atoms with Crippen LogP contribution in [0.1, 0.15) is 36.2 Å². The summed E-state index contributed by atoms with van der Waals surface area (Å²) in [6.07, 6.45) is 1.95. The minimum absolute atomic E-state index is 0.0574. The van der Waals surface area contributed by atoms with Crippen LogP contribution < -0.4 is 0 Å². The monoisotopic (exact) mass is 360 g/mol. The van der Waals surface area contributed by atoms with E-state index in [4.69, 9.17) is 4.52 Å². The lowest BCUT2D eigenvalue weighted by Crippen LogP contribution is -2.13. The molecule has 25 heavy (non-hydrogen) atoms. The van der Waals surface area contributed by atoms with E-state index in [-0.39, 0.29) is 23.4 Å². The second-order valence-corrected chi connectivity index (χ2v) is 8.25. The van der Waals surface area contributed by atoms with Gasteiger partial charge in [0.1, 0.15) is 11.5 Å². The standard InChI is InChI=1S/C15H16N6O3S/c1-10-3-2-4-11(7-10)15-16-14(24-18-15)9-25(22,23)8-13-17-19-20-21(13)12-5-6-12/h2-4,7,12H,5-6,8-9H2,1H3.